The Bertz CT molecular complexity index is 221. The van der Waals surface area contributed by atoms with Gasteiger partial charge in [0, 0.05) is 19.4 Å². The number of rotatable bonds is 7. The van der Waals surface area contributed by atoms with E-state index in [0.717, 1.165) is 12.6 Å². The molecule has 16 heavy (non-hydrogen) atoms. The molecule has 0 aromatic rings. The molecule has 0 spiro atoms. The van der Waals surface area contributed by atoms with E-state index in [2.05, 4.69) is 33.9 Å². The van der Waals surface area contributed by atoms with Gasteiger partial charge in [0.2, 0.25) is 0 Å². The van der Waals surface area contributed by atoms with E-state index in [9.17, 15) is 9.59 Å². The quantitative estimate of drug-likeness (QED) is 0.511. The van der Waals surface area contributed by atoms with Crippen molar-refractivity contribution in [2.75, 3.05) is 6.61 Å². The molecule has 0 rings (SSSR count). The number of carbonyl (C=O) groups excluding carboxylic acids is 2. The maximum absolute atomic E-state index is 10.5. The van der Waals surface area contributed by atoms with Crippen molar-refractivity contribution in [2.24, 2.45) is 5.92 Å². The summed E-state index contributed by atoms with van der Waals surface area (Å²) in [4.78, 5) is 20.9. The molecule has 0 radical (unpaired) electrons. The van der Waals surface area contributed by atoms with Gasteiger partial charge in [-0.15, -0.1) is 0 Å². The van der Waals surface area contributed by atoms with E-state index in [1.54, 1.807) is 0 Å². The van der Waals surface area contributed by atoms with Crippen LogP contribution >= 0.6 is 0 Å². The first-order valence-corrected chi connectivity index (χ1v) is 8.66. The minimum atomic E-state index is -1.76. The molecule has 0 aliphatic rings. The molecule has 94 valence electrons. The maximum atomic E-state index is 10.5. The average Bonchev–Trinajstić information content (AvgIpc) is 2.13. The number of hydrogen-bond donors (Lipinski definition) is 0. The summed E-state index contributed by atoms with van der Waals surface area (Å²) in [6.45, 7) is 11.4. The van der Waals surface area contributed by atoms with Crippen LogP contribution in [0, 0.1) is 5.92 Å². The zero-order valence-electron chi connectivity index (χ0n) is 11.1. The Balaban J connectivity index is 4.28. The van der Waals surface area contributed by atoms with E-state index in [1.807, 2.05) is 0 Å². The molecule has 0 aliphatic carbocycles. The van der Waals surface area contributed by atoms with Crippen molar-refractivity contribution < 1.29 is 14.0 Å². The third-order valence-corrected chi connectivity index (χ3v) is 7.85. The molecule has 0 unspecified atom stereocenters. The monoisotopic (exact) mass is 244 g/mol. The molecule has 0 N–H and O–H groups in total. The van der Waals surface area contributed by atoms with Crippen LogP contribution in [0.15, 0.2) is 0 Å². The highest BCUT2D eigenvalue weighted by Gasteiger charge is 2.37. The standard InChI is InChI=1S/C12H24O3Si/c1-12(2,3)16(4,5)15-10-11(6-8-13)7-9-14/h8-9,11H,6-7,10H2,1-5H3. The molecule has 0 aromatic heterocycles. The van der Waals surface area contributed by atoms with Gasteiger partial charge in [-0.3, -0.25) is 0 Å². The zero-order chi connectivity index (χ0) is 12.8. The van der Waals surface area contributed by atoms with Crippen molar-refractivity contribution in [1.82, 2.24) is 0 Å². The van der Waals surface area contributed by atoms with Gasteiger partial charge in [-0.1, -0.05) is 20.8 Å². The third-order valence-electron chi connectivity index (χ3n) is 3.35. The first-order valence-electron chi connectivity index (χ1n) is 5.76. The van der Waals surface area contributed by atoms with Gasteiger partial charge in [0.15, 0.2) is 8.32 Å². The van der Waals surface area contributed by atoms with Gasteiger partial charge >= 0.3 is 0 Å². The normalized spacial score (nSPS) is 12.9. The van der Waals surface area contributed by atoms with Gasteiger partial charge < -0.3 is 14.0 Å². The first kappa shape index (κ1) is 15.5. The van der Waals surface area contributed by atoms with E-state index in [1.165, 1.54) is 0 Å². The van der Waals surface area contributed by atoms with Crippen LogP contribution in [-0.4, -0.2) is 27.5 Å². The summed E-state index contributed by atoms with van der Waals surface area (Å²) in [5.41, 5.74) is 0. The minimum absolute atomic E-state index is 0.0455. The lowest BCUT2D eigenvalue weighted by atomic mass is 10.1. The zero-order valence-corrected chi connectivity index (χ0v) is 12.1. The fourth-order valence-electron chi connectivity index (χ4n) is 1.05. The summed E-state index contributed by atoms with van der Waals surface area (Å²) < 4.78 is 5.98. The van der Waals surface area contributed by atoms with Gasteiger partial charge in [0.25, 0.3) is 0 Å². The van der Waals surface area contributed by atoms with Crippen molar-refractivity contribution in [3.63, 3.8) is 0 Å². The van der Waals surface area contributed by atoms with Gasteiger partial charge in [-0.2, -0.15) is 0 Å². The molecule has 0 bridgehead atoms. The summed E-state index contributed by atoms with van der Waals surface area (Å²) in [5, 5.41) is 0.167. The van der Waals surface area contributed by atoms with Gasteiger partial charge in [0.1, 0.15) is 12.6 Å². The van der Waals surface area contributed by atoms with E-state index in [4.69, 9.17) is 4.43 Å². The Morgan fingerprint density at radius 2 is 1.56 bits per heavy atom. The Morgan fingerprint density at radius 3 is 1.88 bits per heavy atom. The average molecular weight is 244 g/mol. The van der Waals surface area contributed by atoms with Crippen LogP contribution in [0.5, 0.6) is 0 Å². The second-order valence-electron chi connectivity index (χ2n) is 5.74. The highest BCUT2D eigenvalue weighted by atomic mass is 28.4. The molecule has 0 atom stereocenters. The predicted molar refractivity (Wildman–Crippen MR) is 68.0 cm³/mol. The summed E-state index contributed by atoms with van der Waals surface area (Å²) in [6.07, 6.45) is 2.55. The molecule has 0 aromatic carbocycles. The summed E-state index contributed by atoms with van der Waals surface area (Å²) in [5.74, 6) is 0.0455. The molecule has 0 heterocycles. The fraction of sp³-hybridized carbons (Fsp3) is 0.833. The lowest BCUT2D eigenvalue weighted by molar-refractivity contribution is -0.110. The molecule has 0 amide bonds. The molecule has 0 saturated carbocycles. The summed E-state index contributed by atoms with van der Waals surface area (Å²) in [6, 6.07) is 0. The Kier molecular flexibility index (Phi) is 6.11. The third kappa shape index (κ3) is 5.03. The van der Waals surface area contributed by atoms with Crippen LogP contribution < -0.4 is 0 Å². The van der Waals surface area contributed by atoms with E-state index in [0.29, 0.717) is 19.4 Å². The molecule has 0 aliphatic heterocycles. The molecular weight excluding hydrogens is 220 g/mol. The fourth-order valence-corrected chi connectivity index (χ4v) is 2.13. The Morgan fingerprint density at radius 1 is 1.12 bits per heavy atom. The van der Waals surface area contributed by atoms with Crippen molar-refractivity contribution in [3.05, 3.63) is 0 Å². The second-order valence-corrected chi connectivity index (χ2v) is 10.6. The highest BCUT2D eigenvalue weighted by Crippen LogP contribution is 2.36. The van der Waals surface area contributed by atoms with Crippen LogP contribution in [0.1, 0.15) is 33.6 Å². The predicted octanol–water partition coefficient (Wildman–Crippen LogP) is 2.80. The van der Waals surface area contributed by atoms with Crippen LogP contribution in [0.3, 0.4) is 0 Å². The molecule has 0 fully saturated rings. The van der Waals surface area contributed by atoms with Crippen LogP contribution in [0.2, 0.25) is 18.1 Å². The number of hydrogen-bond acceptors (Lipinski definition) is 3. The Labute approximate surface area is 99.7 Å². The van der Waals surface area contributed by atoms with Crippen molar-refractivity contribution in [3.8, 4) is 0 Å². The number of carbonyl (C=O) groups is 2. The van der Waals surface area contributed by atoms with E-state index in [-0.39, 0.29) is 11.0 Å². The van der Waals surface area contributed by atoms with Crippen molar-refractivity contribution in [1.29, 1.82) is 0 Å². The topological polar surface area (TPSA) is 43.4 Å². The summed E-state index contributed by atoms with van der Waals surface area (Å²) in [7, 11) is -1.76. The van der Waals surface area contributed by atoms with Gasteiger partial charge in [-0.05, 0) is 24.1 Å². The maximum Gasteiger partial charge on any atom is 0.191 e. The number of aldehydes is 2. The smallest absolute Gasteiger partial charge is 0.191 e. The van der Waals surface area contributed by atoms with Crippen molar-refractivity contribution in [2.45, 2.75) is 51.7 Å². The van der Waals surface area contributed by atoms with Gasteiger partial charge in [0.05, 0.1) is 0 Å². The van der Waals surface area contributed by atoms with E-state index < -0.39 is 8.32 Å². The molecular formula is C12H24O3Si. The van der Waals surface area contributed by atoms with Crippen LogP contribution in [-0.2, 0) is 14.0 Å². The van der Waals surface area contributed by atoms with Crippen molar-refractivity contribution >= 4 is 20.9 Å². The molecule has 4 heteroatoms. The van der Waals surface area contributed by atoms with Crippen LogP contribution in [0.4, 0.5) is 0 Å². The Hall–Kier alpha value is -0.483. The lowest BCUT2D eigenvalue weighted by Gasteiger charge is -2.37. The minimum Gasteiger partial charge on any atom is -0.417 e. The highest BCUT2D eigenvalue weighted by molar-refractivity contribution is 6.74. The van der Waals surface area contributed by atoms with E-state index >= 15 is 0 Å². The first-order chi connectivity index (χ1) is 7.24. The SMILES string of the molecule is CC(C)(C)[Si](C)(C)OCC(CC=O)CC=O. The largest absolute Gasteiger partial charge is 0.417 e. The summed E-state index contributed by atoms with van der Waals surface area (Å²) >= 11 is 0. The molecule has 3 nitrogen and oxygen atoms in total. The second kappa shape index (κ2) is 6.30. The lowest BCUT2D eigenvalue weighted by Crippen LogP contribution is -2.42. The van der Waals surface area contributed by atoms with Gasteiger partial charge in [-0.25, -0.2) is 0 Å². The van der Waals surface area contributed by atoms with Crippen LogP contribution in [0.25, 0.3) is 0 Å². The molecule has 0 saturated heterocycles.